The minimum absolute atomic E-state index is 0.188. The van der Waals surface area contributed by atoms with Gasteiger partial charge in [0, 0.05) is 20.2 Å². The van der Waals surface area contributed by atoms with Gasteiger partial charge in [-0.1, -0.05) is 0 Å². The monoisotopic (exact) mass is 367 g/mol. The first-order valence-corrected chi connectivity index (χ1v) is 6.67. The molecular weight excluding hydrogens is 354 g/mol. The Morgan fingerprint density at radius 1 is 1.35 bits per heavy atom. The minimum Gasteiger partial charge on any atom is -0.506 e. The highest BCUT2D eigenvalue weighted by molar-refractivity contribution is 9.11. The smallest absolute Gasteiger partial charge is 0.143 e. The highest BCUT2D eigenvalue weighted by Crippen LogP contribution is 2.33. The van der Waals surface area contributed by atoms with Gasteiger partial charge >= 0.3 is 0 Å². The van der Waals surface area contributed by atoms with Crippen molar-refractivity contribution >= 4 is 31.9 Å². The number of benzene rings is 1. The lowest BCUT2D eigenvalue weighted by Gasteiger charge is -2.11. The van der Waals surface area contributed by atoms with Crippen LogP contribution in [-0.2, 0) is 11.3 Å². The number of phenolic OH excluding ortho intramolecular Hbond substituents is 1. The molecule has 0 aliphatic rings. The van der Waals surface area contributed by atoms with Gasteiger partial charge in [-0.05, 0) is 49.6 Å². The van der Waals surface area contributed by atoms with Crippen LogP contribution in [0.25, 0.3) is 0 Å². The molecule has 0 aliphatic heterocycles. The van der Waals surface area contributed by atoms with Gasteiger partial charge in [-0.3, -0.25) is 0 Å². The zero-order valence-corrected chi connectivity index (χ0v) is 12.6. The number of aliphatic hydroxyl groups is 1. The first kappa shape index (κ1) is 14.9. The van der Waals surface area contributed by atoms with Crippen molar-refractivity contribution in [1.82, 2.24) is 5.32 Å². The molecule has 3 N–H and O–H groups in total. The van der Waals surface area contributed by atoms with E-state index in [1.54, 1.807) is 7.11 Å². The number of hydrogen-bond acceptors (Lipinski definition) is 4. The Morgan fingerprint density at radius 3 is 2.47 bits per heavy atom. The van der Waals surface area contributed by atoms with E-state index in [0.29, 0.717) is 28.6 Å². The molecule has 6 heteroatoms. The van der Waals surface area contributed by atoms with Crippen molar-refractivity contribution in [3.8, 4) is 5.75 Å². The molecule has 0 heterocycles. The quantitative estimate of drug-likeness (QED) is 0.718. The molecule has 0 spiro atoms. The Hall–Kier alpha value is -0.140. The van der Waals surface area contributed by atoms with Gasteiger partial charge in [0.1, 0.15) is 5.75 Å². The van der Waals surface area contributed by atoms with Gasteiger partial charge in [0.25, 0.3) is 0 Å². The molecule has 1 atom stereocenters. The Balaban J connectivity index is 2.47. The number of ether oxygens (including phenoxy) is 1. The standard InChI is InChI=1S/C11H15Br2NO3/c1-17-6-8(15)5-14-4-7-2-9(12)11(16)10(13)3-7/h2-3,8,14-16H,4-6H2,1H3. The molecule has 1 aromatic carbocycles. The number of halogens is 2. The van der Waals surface area contributed by atoms with Crippen LogP contribution in [0.5, 0.6) is 5.75 Å². The molecule has 0 saturated heterocycles. The highest BCUT2D eigenvalue weighted by Gasteiger charge is 2.07. The number of methoxy groups -OCH3 is 1. The van der Waals surface area contributed by atoms with Crippen LogP contribution in [0.2, 0.25) is 0 Å². The summed E-state index contributed by atoms with van der Waals surface area (Å²) in [5.74, 6) is 0.188. The Labute approximate surface area is 117 Å². The average Bonchev–Trinajstić information content (AvgIpc) is 2.26. The largest absolute Gasteiger partial charge is 0.506 e. The van der Waals surface area contributed by atoms with Crippen molar-refractivity contribution in [2.75, 3.05) is 20.3 Å². The Bertz CT molecular complexity index is 351. The van der Waals surface area contributed by atoms with Gasteiger partial charge in [0.15, 0.2) is 0 Å². The summed E-state index contributed by atoms with van der Waals surface area (Å²) in [6, 6.07) is 3.66. The van der Waals surface area contributed by atoms with Crippen molar-refractivity contribution in [3.63, 3.8) is 0 Å². The first-order valence-electron chi connectivity index (χ1n) is 5.09. The summed E-state index contributed by atoms with van der Waals surface area (Å²) >= 11 is 6.53. The number of phenols is 1. The number of aliphatic hydroxyl groups excluding tert-OH is 1. The van der Waals surface area contributed by atoms with Crippen molar-refractivity contribution in [2.45, 2.75) is 12.6 Å². The van der Waals surface area contributed by atoms with Gasteiger partial charge < -0.3 is 20.3 Å². The van der Waals surface area contributed by atoms with Crippen LogP contribution in [0.4, 0.5) is 0 Å². The first-order chi connectivity index (χ1) is 8.04. The fourth-order valence-corrected chi connectivity index (χ4v) is 2.64. The molecule has 96 valence electrons. The van der Waals surface area contributed by atoms with Crippen molar-refractivity contribution in [1.29, 1.82) is 0 Å². The van der Waals surface area contributed by atoms with E-state index in [1.165, 1.54) is 0 Å². The van der Waals surface area contributed by atoms with Crippen LogP contribution in [0.1, 0.15) is 5.56 Å². The second kappa shape index (κ2) is 7.33. The molecular formula is C11H15Br2NO3. The zero-order chi connectivity index (χ0) is 12.8. The van der Waals surface area contributed by atoms with Crippen molar-refractivity contribution in [2.24, 2.45) is 0 Å². The highest BCUT2D eigenvalue weighted by atomic mass is 79.9. The second-order valence-electron chi connectivity index (χ2n) is 3.65. The van der Waals surface area contributed by atoms with E-state index in [9.17, 15) is 10.2 Å². The third kappa shape index (κ3) is 4.93. The predicted octanol–water partition coefficient (Wildman–Crippen LogP) is 2.01. The molecule has 1 aromatic rings. The molecule has 0 amide bonds. The molecule has 1 rings (SSSR count). The lowest BCUT2D eigenvalue weighted by Crippen LogP contribution is -2.29. The minimum atomic E-state index is -0.510. The second-order valence-corrected chi connectivity index (χ2v) is 5.36. The summed E-state index contributed by atoms with van der Waals surface area (Å²) in [6.07, 6.45) is -0.510. The maximum atomic E-state index is 9.54. The van der Waals surface area contributed by atoms with E-state index < -0.39 is 6.10 Å². The molecule has 4 nitrogen and oxygen atoms in total. The SMILES string of the molecule is COCC(O)CNCc1cc(Br)c(O)c(Br)c1. The lowest BCUT2D eigenvalue weighted by atomic mass is 10.2. The summed E-state index contributed by atoms with van der Waals surface area (Å²) < 4.78 is 6.10. The average molecular weight is 369 g/mol. The number of nitrogens with one attached hydrogen (secondary N) is 1. The van der Waals surface area contributed by atoms with E-state index in [-0.39, 0.29) is 5.75 Å². The third-order valence-corrected chi connectivity index (χ3v) is 3.35. The van der Waals surface area contributed by atoms with Gasteiger partial charge in [0.05, 0.1) is 21.7 Å². The molecule has 0 saturated carbocycles. The Morgan fingerprint density at radius 2 is 1.94 bits per heavy atom. The predicted molar refractivity (Wildman–Crippen MR) is 73.1 cm³/mol. The number of aromatic hydroxyl groups is 1. The third-order valence-electron chi connectivity index (χ3n) is 2.14. The van der Waals surface area contributed by atoms with Crippen LogP contribution in [0, 0.1) is 0 Å². The van der Waals surface area contributed by atoms with E-state index in [1.807, 2.05) is 12.1 Å². The van der Waals surface area contributed by atoms with E-state index in [2.05, 4.69) is 37.2 Å². The molecule has 0 fully saturated rings. The molecule has 0 aromatic heterocycles. The van der Waals surface area contributed by atoms with Gasteiger partial charge in [-0.15, -0.1) is 0 Å². The van der Waals surface area contributed by atoms with Crippen molar-refractivity contribution < 1.29 is 14.9 Å². The van der Waals surface area contributed by atoms with Gasteiger partial charge in [0.2, 0.25) is 0 Å². The van der Waals surface area contributed by atoms with Crippen LogP contribution in [0.3, 0.4) is 0 Å². The lowest BCUT2D eigenvalue weighted by molar-refractivity contribution is 0.0644. The summed E-state index contributed by atoms with van der Waals surface area (Å²) in [5.41, 5.74) is 1.01. The summed E-state index contributed by atoms with van der Waals surface area (Å²) in [4.78, 5) is 0. The van der Waals surface area contributed by atoms with E-state index in [4.69, 9.17) is 4.74 Å². The van der Waals surface area contributed by atoms with Crippen LogP contribution >= 0.6 is 31.9 Å². The van der Waals surface area contributed by atoms with E-state index in [0.717, 1.165) is 5.56 Å². The summed E-state index contributed by atoms with van der Waals surface area (Å²) in [5, 5.41) is 22.1. The normalized spacial score (nSPS) is 12.7. The topological polar surface area (TPSA) is 61.7 Å². The van der Waals surface area contributed by atoms with Gasteiger partial charge in [-0.25, -0.2) is 0 Å². The molecule has 17 heavy (non-hydrogen) atoms. The maximum absolute atomic E-state index is 9.54. The Kier molecular flexibility index (Phi) is 6.43. The number of rotatable bonds is 6. The fraction of sp³-hybridized carbons (Fsp3) is 0.455. The summed E-state index contributed by atoms with van der Waals surface area (Å²) in [7, 11) is 1.55. The molecule has 1 unspecified atom stereocenters. The fourth-order valence-electron chi connectivity index (χ4n) is 1.35. The van der Waals surface area contributed by atoms with Crippen molar-refractivity contribution in [3.05, 3.63) is 26.6 Å². The molecule has 0 bridgehead atoms. The van der Waals surface area contributed by atoms with Crippen LogP contribution in [0.15, 0.2) is 21.1 Å². The molecule has 0 aliphatic carbocycles. The zero-order valence-electron chi connectivity index (χ0n) is 9.41. The van der Waals surface area contributed by atoms with Crippen LogP contribution < -0.4 is 5.32 Å². The summed E-state index contributed by atoms with van der Waals surface area (Å²) in [6.45, 7) is 1.39. The molecule has 0 radical (unpaired) electrons. The maximum Gasteiger partial charge on any atom is 0.143 e. The van der Waals surface area contributed by atoms with E-state index >= 15 is 0 Å². The number of hydrogen-bond donors (Lipinski definition) is 3. The van der Waals surface area contributed by atoms with Gasteiger partial charge in [-0.2, -0.15) is 0 Å². The van der Waals surface area contributed by atoms with Crippen LogP contribution in [-0.4, -0.2) is 36.6 Å².